The van der Waals surface area contributed by atoms with Gasteiger partial charge in [0, 0.05) is 44.8 Å². The van der Waals surface area contributed by atoms with E-state index < -0.39 is 0 Å². The Bertz CT molecular complexity index is 469. The molecule has 1 aromatic rings. The Morgan fingerprint density at radius 1 is 1.20 bits per heavy atom. The van der Waals surface area contributed by atoms with Crippen molar-refractivity contribution < 1.29 is 37.8 Å². The van der Waals surface area contributed by atoms with Gasteiger partial charge in [0.25, 0.3) is 0 Å². The summed E-state index contributed by atoms with van der Waals surface area (Å²) in [5, 5.41) is 17.5. The maximum absolute atomic E-state index is 8.94. The first-order valence-corrected chi connectivity index (χ1v) is 7.86. The van der Waals surface area contributed by atoms with Crippen LogP contribution in [0.4, 0.5) is 0 Å². The van der Waals surface area contributed by atoms with Crippen molar-refractivity contribution in [1.29, 1.82) is 5.26 Å². The summed E-state index contributed by atoms with van der Waals surface area (Å²) < 4.78 is 0. The minimum atomic E-state index is 0. The van der Waals surface area contributed by atoms with Crippen molar-refractivity contribution in [2.24, 2.45) is 0 Å². The predicted octanol–water partition coefficient (Wildman–Crippen LogP) is 5.44. The van der Waals surface area contributed by atoms with Gasteiger partial charge in [0.05, 0.1) is 18.2 Å². The van der Waals surface area contributed by atoms with Gasteiger partial charge in [-0.15, -0.1) is 0 Å². The molecule has 1 fully saturated rings. The third-order valence-electron chi connectivity index (χ3n) is 3.98. The smallest absolute Gasteiger partial charge is 0.0991 e. The average Bonchev–Trinajstić information content (AvgIpc) is 2.96. The van der Waals surface area contributed by atoms with Crippen LogP contribution in [0, 0.1) is 11.3 Å². The molecule has 1 atom stereocenters. The van der Waals surface area contributed by atoms with Crippen LogP contribution >= 0.6 is 0 Å². The third-order valence-corrected chi connectivity index (χ3v) is 3.98. The van der Waals surface area contributed by atoms with E-state index >= 15 is 0 Å². The van der Waals surface area contributed by atoms with E-state index in [0.29, 0.717) is 24.6 Å². The minimum Gasteiger partial charge on any atom is -0.395 e. The second-order valence-electron chi connectivity index (χ2n) is 6.20. The van der Waals surface area contributed by atoms with Crippen molar-refractivity contribution in [3.05, 3.63) is 35.4 Å². The summed E-state index contributed by atoms with van der Waals surface area (Å²) in [5.74, 6) is 0.503. The number of hydrogen-bond acceptors (Lipinski definition) is 3. The van der Waals surface area contributed by atoms with Crippen LogP contribution < -0.4 is 0 Å². The van der Waals surface area contributed by atoms with E-state index in [1.807, 2.05) is 24.3 Å². The molecule has 25 heavy (non-hydrogen) atoms. The number of likely N-dealkylation sites (tertiary alicyclic amines) is 1. The van der Waals surface area contributed by atoms with Crippen molar-refractivity contribution in [3.63, 3.8) is 0 Å². The fourth-order valence-corrected chi connectivity index (χ4v) is 2.70. The van der Waals surface area contributed by atoms with Gasteiger partial charge >= 0.3 is 0 Å². The summed E-state index contributed by atoms with van der Waals surface area (Å²) in [5.41, 5.74) is 1.97. The van der Waals surface area contributed by atoms with E-state index in [1.165, 1.54) is 24.9 Å². The molecule has 3 nitrogen and oxygen atoms in total. The minimum absolute atomic E-state index is 0. The summed E-state index contributed by atoms with van der Waals surface area (Å²) >= 11 is 0. The number of aliphatic hydroxyl groups is 1. The Balaban J connectivity index is -0.000000152. The molecule has 1 unspecified atom stereocenters. The predicted molar refractivity (Wildman–Crippen MR) is 107 cm³/mol. The summed E-state index contributed by atoms with van der Waals surface area (Å²) in [7, 11) is 0. The van der Waals surface area contributed by atoms with E-state index in [9.17, 15) is 0 Å². The van der Waals surface area contributed by atoms with Crippen molar-refractivity contribution in [2.75, 3.05) is 13.2 Å². The van der Waals surface area contributed by atoms with Crippen molar-refractivity contribution >= 4 is 0 Å². The topological polar surface area (TPSA) is 47.3 Å². The maximum atomic E-state index is 8.94. The fraction of sp³-hybridized carbons (Fsp3) is 0.667. The number of hydrogen-bond donors (Lipinski definition) is 1. The van der Waals surface area contributed by atoms with Crippen molar-refractivity contribution in [1.82, 2.24) is 4.90 Å². The van der Waals surface area contributed by atoms with Gasteiger partial charge < -0.3 is 5.11 Å². The molecule has 1 saturated heterocycles. The molecule has 2 rings (SSSR count). The van der Waals surface area contributed by atoms with Gasteiger partial charge in [0.2, 0.25) is 0 Å². The van der Waals surface area contributed by atoms with E-state index in [2.05, 4.69) is 38.7 Å². The van der Waals surface area contributed by atoms with Crippen LogP contribution in [0.5, 0.6) is 0 Å². The summed E-state index contributed by atoms with van der Waals surface area (Å²) in [4.78, 5) is 2.38. The molecule has 1 N–H and O–H groups in total. The van der Waals surface area contributed by atoms with Crippen LogP contribution in [0.2, 0.25) is 0 Å². The molecular weight excluding hydrogens is 385 g/mol. The van der Waals surface area contributed by atoms with Crippen LogP contribution in [0.25, 0.3) is 0 Å². The number of nitrogens with zero attached hydrogens (tertiary/aromatic N) is 2. The Hall–Kier alpha value is -0.266. The number of benzene rings is 1. The molecule has 1 aromatic carbocycles. The van der Waals surface area contributed by atoms with Crippen LogP contribution in [0.3, 0.4) is 0 Å². The van der Waals surface area contributed by atoms with E-state index in [4.69, 9.17) is 10.4 Å². The SMILES string of the molecule is C.C.C.CC(C)N1CCCC1CO.CC(C)c1cccc(C#N)c1.[Y]. The summed E-state index contributed by atoms with van der Waals surface area (Å²) in [6.45, 7) is 10.1. The Morgan fingerprint density at radius 3 is 2.20 bits per heavy atom. The molecule has 0 aromatic heterocycles. The van der Waals surface area contributed by atoms with Crippen LogP contribution in [0.15, 0.2) is 24.3 Å². The first-order valence-electron chi connectivity index (χ1n) is 7.86. The van der Waals surface area contributed by atoms with Gasteiger partial charge in [-0.25, -0.2) is 0 Å². The zero-order valence-corrected chi connectivity index (χ0v) is 17.1. The molecule has 0 saturated carbocycles. The Labute approximate surface area is 182 Å². The fourth-order valence-electron chi connectivity index (χ4n) is 2.70. The molecule has 1 radical (unpaired) electrons. The second-order valence-corrected chi connectivity index (χ2v) is 6.20. The molecule has 1 heterocycles. The van der Waals surface area contributed by atoms with Crippen molar-refractivity contribution in [3.8, 4) is 6.07 Å². The van der Waals surface area contributed by atoms with Gasteiger partial charge in [0.1, 0.15) is 0 Å². The molecule has 0 bridgehead atoms. The molecular formula is C21H40N2OY. The molecule has 143 valence electrons. The Morgan fingerprint density at radius 2 is 1.80 bits per heavy atom. The maximum Gasteiger partial charge on any atom is 0.0991 e. The van der Waals surface area contributed by atoms with Gasteiger partial charge in [-0.2, -0.15) is 5.26 Å². The second kappa shape index (κ2) is 17.2. The Kier molecular flexibility index (Phi) is 22.2. The van der Waals surface area contributed by atoms with Crippen LogP contribution in [-0.4, -0.2) is 35.2 Å². The van der Waals surface area contributed by atoms with E-state index in [0.717, 1.165) is 5.56 Å². The zero-order chi connectivity index (χ0) is 15.8. The first-order chi connectivity index (χ1) is 9.99. The molecule has 1 aliphatic rings. The van der Waals surface area contributed by atoms with Gasteiger partial charge in [-0.05, 0) is 56.8 Å². The van der Waals surface area contributed by atoms with Crippen LogP contribution in [0.1, 0.15) is 79.9 Å². The molecule has 1 aliphatic heterocycles. The average molecular weight is 425 g/mol. The monoisotopic (exact) mass is 425 g/mol. The molecule has 0 amide bonds. The van der Waals surface area contributed by atoms with E-state index in [1.54, 1.807) is 0 Å². The standard InChI is InChI=1S/C10H11N.C8H17NO.3CH4.Y/c1-8(2)10-5-3-4-9(6-10)7-11;1-7(2)9-5-3-4-8(9)6-10;;;;/h3-6,8H,1-2H3;7-8,10H,3-6H2,1-2H3;3*1H4;. The van der Waals surface area contributed by atoms with Crippen molar-refractivity contribution in [2.45, 2.75) is 80.8 Å². The quantitative estimate of drug-likeness (QED) is 0.702. The van der Waals surface area contributed by atoms with E-state index in [-0.39, 0.29) is 55.0 Å². The molecule has 4 heteroatoms. The normalized spacial score (nSPS) is 15.5. The number of rotatable bonds is 3. The van der Waals surface area contributed by atoms with Gasteiger partial charge in [0.15, 0.2) is 0 Å². The number of nitriles is 1. The largest absolute Gasteiger partial charge is 0.395 e. The summed E-state index contributed by atoms with van der Waals surface area (Å²) in [6, 6.07) is 10.9. The number of aliphatic hydroxyl groups excluding tert-OH is 1. The molecule has 0 aliphatic carbocycles. The molecule has 0 spiro atoms. The van der Waals surface area contributed by atoms with Gasteiger partial charge in [-0.1, -0.05) is 48.3 Å². The summed E-state index contributed by atoms with van der Waals surface area (Å²) in [6.07, 6.45) is 2.43. The first kappa shape index (κ1) is 32.4. The third kappa shape index (κ3) is 11.1. The van der Waals surface area contributed by atoms with Crippen LogP contribution in [-0.2, 0) is 32.7 Å². The van der Waals surface area contributed by atoms with Gasteiger partial charge in [-0.3, -0.25) is 4.90 Å². The zero-order valence-electron chi connectivity index (χ0n) is 14.3.